The molecule has 0 bridgehead atoms. The summed E-state index contributed by atoms with van der Waals surface area (Å²) in [5.41, 5.74) is 1.12. The topological polar surface area (TPSA) is 66.4 Å². The van der Waals surface area contributed by atoms with Gasteiger partial charge in [0.15, 0.2) is 0 Å². The van der Waals surface area contributed by atoms with Gasteiger partial charge in [-0.1, -0.05) is 49.6 Å². The molecule has 1 amide bonds. The number of carbonyl (C=O) groups excluding carboxylic acids is 1. The molecule has 1 aromatic carbocycles. The monoisotopic (exact) mass is 303 g/mol. The molecular weight excluding hydrogens is 278 g/mol. The molecule has 22 heavy (non-hydrogen) atoms. The van der Waals surface area contributed by atoms with Crippen LogP contribution in [-0.2, 0) is 16.0 Å². The molecule has 120 valence electrons. The van der Waals surface area contributed by atoms with Crippen LogP contribution in [0.5, 0.6) is 0 Å². The van der Waals surface area contributed by atoms with Crippen LogP contribution >= 0.6 is 0 Å². The molecular formula is C18H25NO3. The van der Waals surface area contributed by atoms with Gasteiger partial charge in [-0.05, 0) is 30.7 Å². The molecule has 0 saturated heterocycles. The Morgan fingerprint density at radius 2 is 1.91 bits per heavy atom. The summed E-state index contributed by atoms with van der Waals surface area (Å²) in [6.45, 7) is 0. The van der Waals surface area contributed by atoms with E-state index < -0.39 is 5.97 Å². The molecule has 0 heterocycles. The Balaban J connectivity index is 1.82. The van der Waals surface area contributed by atoms with Crippen LogP contribution in [0, 0.1) is 5.92 Å². The maximum absolute atomic E-state index is 12.1. The molecule has 1 saturated carbocycles. The molecule has 0 aliphatic heterocycles. The zero-order valence-corrected chi connectivity index (χ0v) is 13.0. The highest BCUT2D eigenvalue weighted by atomic mass is 16.4. The summed E-state index contributed by atoms with van der Waals surface area (Å²) < 4.78 is 0. The molecule has 1 aliphatic carbocycles. The van der Waals surface area contributed by atoms with E-state index in [-0.39, 0.29) is 18.4 Å². The number of aliphatic carboxylic acids is 1. The number of carbonyl (C=O) groups is 2. The molecule has 1 fully saturated rings. The molecule has 4 heteroatoms. The predicted octanol–water partition coefficient (Wildman–Crippen LogP) is 3.16. The normalized spacial score (nSPS) is 15.8. The van der Waals surface area contributed by atoms with Crippen LogP contribution in [0.3, 0.4) is 0 Å². The lowest BCUT2D eigenvalue weighted by molar-refractivity contribution is -0.137. The van der Waals surface area contributed by atoms with E-state index in [1.165, 1.54) is 19.3 Å². The van der Waals surface area contributed by atoms with Crippen molar-refractivity contribution < 1.29 is 14.7 Å². The second kappa shape index (κ2) is 8.57. The average Bonchev–Trinajstić information content (AvgIpc) is 2.44. The van der Waals surface area contributed by atoms with Crippen LogP contribution < -0.4 is 5.32 Å². The molecule has 0 radical (unpaired) electrons. The number of benzene rings is 1. The number of carboxylic acid groups (broad SMARTS) is 1. The third kappa shape index (κ3) is 5.88. The first kappa shape index (κ1) is 16.5. The Morgan fingerprint density at radius 1 is 1.18 bits per heavy atom. The van der Waals surface area contributed by atoms with E-state index in [4.69, 9.17) is 5.11 Å². The van der Waals surface area contributed by atoms with E-state index in [0.29, 0.717) is 19.3 Å². The minimum Gasteiger partial charge on any atom is -0.481 e. The van der Waals surface area contributed by atoms with E-state index in [0.717, 1.165) is 17.9 Å². The fourth-order valence-electron chi connectivity index (χ4n) is 2.84. The maximum Gasteiger partial charge on any atom is 0.303 e. The molecule has 2 rings (SSSR count). The van der Waals surface area contributed by atoms with Crippen LogP contribution in [-0.4, -0.2) is 23.0 Å². The lowest BCUT2D eigenvalue weighted by Gasteiger charge is -2.25. The minimum atomic E-state index is -0.818. The molecule has 0 aromatic heterocycles. The lowest BCUT2D eigenvalue weighted by atomic mass is 9.82. The van der Waals surface area contributed by atoms with Gasteiger partial charge in [0, 0.05) is 18.9 Å². The van der Waals surface area contributed by atoms with Gasteiger partial charge in [-0.3, -0.25) is 9.59 Å². The van der Waals surface area contributed by atoms with Crippen molar-refractivity contribution in [3.05, 3.63) is 35.9 Å². The van der Waals surface area contributed by atoms with Crippen molar-refractivity contribution in [2.24, 2.45) is 5.92 Å². The van der Waals surface area contributed by atoms with E-state index in [9.17, 15) is 9.59 Å². The molecule has 2 N–H and O–H groups in total. The SMILES string of the molecule is O=C(O)CCC(Cc1ccccc1)NC(=O)CCC1CCC1. The summed E-state index contributed by atoms with van der Waals surface area (Å²) in [6, 6.07) is 9.78. The van der Waals surface area contributed by atoms with Crippen LogP contribution in [0.2, 0.25) is 0 Å². The highest BCUT2D eigenvalue weighted by Crippen LogP contribution is 2.30. The second-order valence-corrected chi connectivity index (χ2v) is 6.22. The zero-order chi connectivity index (χ0) is 15.8. The third-order valence-electron chi connectivity index (χ3n) is 4.40. The van der Waals surface area contributed by atoms with Gasteiger partial charge in [-0.15, -0.1) is 0 Å². The first-order valence-electron chi connectivity index (χ1n) is 8.18. The number of amides is 1. The lowest BCUT2D eigenvalue weighted by Crippen LogP contribution is -2.37. The Labute approximate surface area is 131 Å². The number of rotatable bonds is 9. The minimum absolute atomic E-state index is 0.0539. The summed E-state index contributed by atoms with van der Waals surface area (Å²) >= 11 is 0. The van der Waals surface area contributed by atoms with E-state index >= 15 is 0 Å². The van der Waals surface area contributed by atoms with Gasteiger partial charge in [-0.2, -0.15) is 0 Å². The average molecular weight is 303 g/mol. The number of hydrogen-bond donors (Lipinski definition) is 2. The van der Waals surface area contributed by atoms with Crippen molar-refractivity contribution in [3.63, 3.8) is 0 Å². The quantitative estimate of drug-likeness (QED) is 0.736. The maximum atomic E-state index is 12.1. The van der Waals surface area contributed by atoms with Crippen molar-refractivity contribution in [1.82, 2.24) is 5.32 Å². The molecule has 1 aromatic rings. The van der Waals surface area contributed by atoms with E-state index in [1.807, 2.05) is 30.3 Å². The third-order valence-corrected chi connectivity index (χ3v) is 4.40. The molecule has 0 spiro atoms. The van der Waals surface area contributed by atoms with Crippen molar-refractivity contribution in [2.75, 3.05) is 0 Å². The van der Waals surface area contributed by atoms with Crippen molar-refractivity contribution >= 4 is 11.9 Å². The Morgan fingerprint density at radius 3 is 2.50 bits per heavy atom. The Hall–Kier alpha value is -1.84. The van der Waals surface area contributed by atoms with Gasteiger partial charge in [0.05, 0.1) is 0 Å². The second-order valence-electron chi connectivity index (χ2n) is 6.22. The number of carboxylic acids is 1. The van der Waals surface area contributed by atoms with Gasteiger partial charge in [0.2, 0.25) is 5.91 Å². The Kier molecular flexibility index (Phi) is 6.44. The van der Waals surface area contributed by atoms with E-state index in [1.54, 1.807) is 0 Å². The molecule has 1 aliphatic rings. The summed E-state index contributed by atoms with van der Waals surface area (Å²) in [7, 11) is 0. The zero-order valence-electron chi connectivity index (χ0n) is 13.0. The first-order chi connectivity index (χ1) is 10.6. The number of hydrogen-bond acceptors (Lipinski definition) is 2. The van der Waals surface area contributed by atoms with Crippen molar-refractivity contribution in [1.29, 1.82) is 0 Å². The van der Waals surface area contributed by atoms with Gasteiger partial charge in [0.25, 0.3) is 0 Å². The van der Waals surface area contributed by atoms with Crippen LogP contribution in [0.4, 0.5) is 0 Å². The van der Waals surface area contributed by atoms with Gasteiger partial charge in [0.1, 0.15) is 0 Å². The fourth-order valence-corrected chi connectivity index (χ4v) is 2.84. The predicted molar refractivity (Wildman–Crippen MR) is 85.5 cm³/mol. The largest absolute Gasteiger partial charge is 0.481 e. The fraction of sp³-hybridized carbons (Fsp3) is 0.556. The van der Waals surface area contributed by atoms with E-state index in [2.05, 4.69) is 5.32 Å². The summed E-state index contributed by atoms with van der Waals surface area (Å²) in [6.07, 6.45) is 6.55. The number of nitrogens with one attached hydrogen (secondary N) is 1. The standard InChI is InChI=1S/C18H25NO3/c20-17(11-9-14-7-4-8-14)19-16(10-12-18(21)22)13-15-5-2-1-3-6-15/h1-3,5-6,14,16H,4,7-13H2,(H,19,20)(H,21,22). The van der Waals surface area contributed by atoms with Gasteiger partial charge >= 0.3 is 5.97 Å². The first-order valence-corrected chi connectivity index (χ1v) is 8.18. The highest BCUT2D eigenvalue weighted by Gasteiger charge is 2.20. The Bertz CT molecular complexity index is 482. The summed E-state index contributed by atoms with van der Waals surface area (Å²) in [5.74, 6) is -0.0441. The van der Waals surface area contributed by atoms with Crippen LogP contribution in [0.25, 0.3) is 0 Å². The van der Waals surface area contributed by atoms with Crippen molar-refractivity contribution in [2.45, 2.75) is 57.4 Å². The summed E-state index contributed by atoms with van der Waals surface area (Å²) in [4.78, 5) is 22.9. The van der Waals surface area contributed by atoms with Crippen molar-refractivity contribution in [3.8, 4) is 0 Å². The van der Waals surface area contributed by atoms with Gasteiger partial charge in [-0.25, -0.2) is 0 Å². The molecule has 1 atom stereocenters. The van der Waals surface area contributed by atoms with Crippen LogP contribution in [0.1, 0.15) is 50.5 Å². The molecule has 4 nitrogen and oxygen atoms in total. The van der Waals surface area contributed by atoms with Gasteiger partial charge < -0.3 is 10.4 Å². The highest BCUT2D eigenvalue weighted by molar-refractivity contribution is 5.76. The smallest absolute Gasteiger partial charge is 0.303 e. The molecule has 1 unspecified atom stereocenters. The van der Waals surface area contributed by atoms with Crippen LogP contribution in [0.15, 0.2) is 30.3 Å². The summed E-state index contributed by atoms with van der Waals surface area (Å²) in [5, 5.41) is 11.9.